The van der Waals surface area contributed by atoms with Crippen molar-refractivity contribution in [2.75, 3.05) is 13.7 Å². The van der Waals surface area contributed by atoms with E-state index in [4.69, 9.17) is 21.1 Å². The Hall–Kier alpha value is -2.27. The summed E-state index contributed by atoms with van der Waals surface area (Å²) in [6, 6.07) is 6.83. The Kier molecular flexibility index (Phi) is 6.39. The fourth-order valence-corrected chi connectivity index (χ4v) is 4.30. The number of ether oxygens (including phenoxy) is 2. The summed E-state index contributed by atoms with van der Waals surface area (Å²) in [6.45, 7) is -0.618. The molecule has 0 saturated carbocycles. The highest BCUT2D eigenvalue weighted by atomic mass is 35.5. The van der Waals surface area contributed by atoms with Gasteiger partial charge in [0, 0.05) is 24.1 Å². The first kappa shape index (κ1) is 22.9. The smallest absolute Gasteiger partial charge is 0.163 e. The van der Waals surface area contributed by atoms with Crippen LogP contribution in [-0.4, -0.2) is 63.1 Å². The molecule has 7 nitrogen and oxygen atoms in total. The zero-order valence-electron chi connectivity index (χ0n) is 17.0. The van der Waals surface area contributed by atoms with Gasteiger partial charge in [-0.1, -0.05) is 17.7 Å². The van der Waals surface area contributed by atoms with Crippen molar-refractivity contribution in [3.63, 3.8) is 0 Å². The molecule has 1 aromatic heterocycles. The summed E-state index contributed by atoms with van der Waals surface area (Å²) >= 11 is 6.35. The van der Waals surface area contributed by atoms with Crippen molar-refractivity contribution in [3.8, 4) is 5.75 Å². The summed E-state index contributed by atoms with van der Waals surface area (Å²) in [6.07, 6.45) is -5.78. The van der Waals surface area contributed by atoms with Gasteiger partial charge in [0.1, 0.15) is 41.8 Å². The SMILES string of the molecule is COc1ccc(Cc2cn([C@@H]3O[C@H](CO)[C@@H](O)[C@H](O)[C@H]3O)c3c(Cl)ccc(F)c23)c(F)c1. The first-order chi connectivity index (χ1) is 15.3. The number of methoxy groups -OCH3 is 1. The number of rotatable bonds is 5. The molecule has 2 aromatic carbocycles. The Labute approximate surface area is 187 Å². The number of fused-ring (bicyclic) bond motifs is 1. The Balaban J connectivity index is 1.84. The molecule has 1 aliphatic rings. The third-order valence-electron chi connectivity index (χ3n) is 5.73. The van der Waals surface area contributed by atoms with Crippen LogP contribution in [0.25, 0.3) is 10.9 Å². The number of hydrogen-bond acceptors (Lipinski definition) is 6. The minimum absolute atomic E-state index is 0.00594. The number of aromatic nitrogens is 1. The summed E-state index contributed by atoms with van der Waals surface area (Å²) in [7, 11) is 1.42. The van der Waals surface area contributed by atoms with Gasteiger partial charge in [-0.2, -0.15) is 0 Å². The van der Waals surface area contributed by atoms with Gasteiger partial charge in [0.25, 0.3) is 0 Å². The van der Waals surface area contributed by atoms with E-state index in [0.29, 0.717) is 11.3 Å². The molecule has 0 spiro atoms. The Morgan fingerprint density at radius 2 is 1.78 bits per heavy atom. The second kappa shape index (κ2) is 8.93. The van der Waals surface area contributed by atoms with Crippen LogP contribution in [0.15, 0.2) is 36.5 Å². The van der Waals surface area contributed by atoms with E-state index in [0.717, 1.165) is 0 Å². The highest BCUT2D eigenvalue weighted by Crippen LogP contribution is 2.38. The van der Waals surface area contributed by atoms with Crippen LogP contribution in [0.5, 0.6) is 5.75 Å². The van der Waals surface area contributed by atoms with Crippen LogP contribution in [0.1, 0.15) is 17.4 Å². The van der Waals surface area contributed by atoms with Crippen LogP contribution in [0.4, 0.5) is 8.78 Å². The number of hydrogen-bond donors (Lipinski definition) is 4. The van der Waals surface area contributed by atoms with Gasteiger partial charge in [0.2, 0.25) is 0 Å². The van der Waals surface area contributed by atoms with Gasteiger partial charge in [0.15, 0.2) is 6.23 Å². The van der Waals surface area contributed by atoms with E-state index in [-0.39, 0.29) is 27.9 Å². The van der Waals surface area contributed by atoms with E-state index in [1.165, 1.54) is 42.1 Å². The predicted molar refractivity (Wildman–Crippen MR) is 112 cm³/mol. The van der Waals surface area contributed by atoms with Gasteiger partial charge in [-0.25, -0.2) is 8.78 Å². The third-order valence-corrected chi connectivity index (χ3v) is 6.04. The van der Waals surface area contributed by atoms with Crippen molar-refractivity contribution in [2.24, 2.45) is 0 Å². The van der Waals surface area contributed by atoms with E-state index in [2.05, 4.69) is 0 Å². The normalized spacial score (nSPS) is 25.9. The average Bonchev–Trinajstić information content (AvgIpc) is 3.16. The highest BCUT2D eigenvalue weighted by Gasteiger charge is 2.44. The number of aliphatic hydroxyl groups excluding tert-OH is 4. The van der Waals surface area contributed by atoms with Crippen molar-refractivity contribution in [1.29, 1.82) is 0 Å². The van der Waals surface area contributed by atoms with Gasteiger partial charge >= 0.3 is 0 Å². The molecule has 32 heavy (non-hydrogen) atoms. The zero-order valence-corrected chi connectivity index (χ0v) is 17.7. The summed E-state index contributed by atoms with van der Waals surface area (Å²) in [4.78, 5) is 0. The Bertz CT molecular complexity index is 1140. The molecule has 2 heterocycles. The van der Waals surface area contributed by atoms with Crippen LogP contribution < -0.4 is 4.74 Å². The number of aliphatic hydroxyl groups is 4. The van der Waals surface area contributed by atoms with Crippen molar-refractivity contribution in [1.82, 2.24) is 4.57 Å². The van der Waals surface area contributed by atoms with Crippen LogP contribution in [0.2, 0.25) is 5.02 Å². The van der Waals surface area contributed by atoms with Gasteiger partial charge in [-0.3, -0.25) is 0 Å². The molecule has 10 heteroatoms. The highest BCUT2D eigenvalue weighted by molar-refractivity contribution is 6.35. The molecule has 0 bridgehead atoms. The van der Waals surface area contributed by atoms with Gasteiger partial charge in [0.05, 0.1) is 24.3 Å². The van der Waals surface area contributed by atoms with Crippen LogP contribution in [-0.2, 0) is 11.2 Å². The van der Waals surface area contributed by atoms with Gasteiger partial charge < -0.3 is 34.5 Å². The average molecular weight is 470 g/mol. The number of nitrogens with zero attached hydrogens (tertiary/aromatic N) is 1. The lowest BCUT2D eigenvalue weighted by Crippen LogP contribution is -2.56. The molecule has 0 unspecified atom stereocenters. The van der Waals surface area contributed by atoms with E-state index in [1.54, 1.807) is 6.07 Å². The Morgan fingerprint density at radius 1 is 1.03 bits per heavy atom. The first-order valence-electron chi connectivity index (χ1n) is 9.87. The maximum absolute atomic E-state index is 14.9. The van der Waals surface area contributed by atoms with Gasteiger partial charge in [-0.15, -0.1) is 0 Å². The molecule has 5 atom stereocenters. The molecule has 4 rings (SSSR count). The maximum Gasteiger partial charge on any atom is 0.163 e. The molecule has 172 valence electrons. The van der Waals surface area contributed by atoms with Crippen molar-refractivity contribution in [2.45, 2.75) is 37.1 Å². The van der Waals surface area contributed by atoms with E-state index in [1.807, 2.05) is 0 Å². The monoisotopic (exact) mass is 469 g/mol. The van der Waals surface area contributed by atoms with Crippen molar-refractivity contribution >= 4 is 22.5 Å². The molecule has 1 fully saturated rings. The molecular formula is C22H22ClF2NO6. The molecule has 3 aromatic rings. The standard InChI is InChI=1S/C22H22ClF2NO6/c1-31-12-3-2-10(15(25)7-12)6-11-8-26(18-13(23)4-5-14(24)17(11)18)22-21(30)20(29)19(28)16(9-27)32-22/h2-5,7-8,16,19-22,27-30H,6,9H2,1H3/t16-,19-,20+,21-,22-/m1/s1. The lowest BCUT2D eigenvalue weighted by Gasteiger charge is -2.40. The van der Waals surface area contributed by atoms with E-state index in [9.17, 15) is 29.2 Å². The molecule has 1 aliphatic heterocycles. The fraction of sp³-hybridized carbons (Fsp3) is 0.364. The van der Waals surface area contributed by atoms with Crippen LogP contribution >= 0.6 is 11.6 Å². The minimum Gasteiger partial charge on any atom is -0.497 e. The lowest BCUT2D eigenvalue weighted by molar-refractivity contribution is -0.250. The first-order valence-corrected chi connectivity index (χ1v) is 10.2. The zero-order chi connectivity index (χ0) is 23.2. The topological polar surface area (TPSA) is 104 Å². The van der Waals surface area contributed by atoms with Crippen molar-refractivity contribution in [3.05, 3.63) is 64.3 Å². The summed E-state index contributed by atoms with van der Waals surface area (Å²) in [5.74, 6) is -0.818. The summed E-state index contributed by atoms with van der Waals surface area (Å²) in [5, 5.41) is 40.5. The van der Waals surface area contributed by atoms with E-state index < -0.39 is 48.9 Å². The van der Waals surface area contributed by atoms with Gasteiger partial charge in [-0.05, 0) is 29.3 Å². The number of benzene rings is 2. The molecule has 4 N–H and O–H groups in total. The maximum atomic E-state index is 14.9. The fourth-order valence-electron chi connectivity index (χ4n) is 4.05. The van der Waals surface area contributed by atoms with Crippen molar-refractivity contribution < 1.29 is 38.7 Å². The van der Waals surface area contributed by atoms with Crippen LogP contribution in [0.3, 0.4) is 0 Å². The van der Waals surface area contributed by atoms with Crippen LogP contribution in [0, 0.1) is 11.6 Å². The predicted octanol–water partition coefficient (Wildman–Crippen LogP) is 2.14. The lowest BCUT2D eigenvalue weighted by atomic mass is 9.98. The molecule has 0 radical (unpaired) electrons. The Morgan fingerprint density at radius 3 is 2.44 bits per heavy atom. The second-order valence-corrected chi connectivity index (χ2v) is 8.08. The third kappa shape index (κ3) is 3.85. The number of halogens is 3. The largest absolute Gasteiger partial charge is 0.497 e. The molecule has 0 aliphatic carbocycles. The van der Waals surface area contributed by atoms with E-state index >= 15 is 0 Å². The molecular weight excluding hydrogens is 448 g/mol. The second-order valence-electron chi connectivity index (χ2n) is 7.67. The minimum atomic E-state index is -1.63. The summed E-state index contributed by atoms with van der Waals surface area (Å²) < 4.78 is 41.4. The summed E-state index contributed by atoms with van der Waals surface area (Å²) in [5.41, 5.74) is 0.805. The molecule has 0 amide bonds. The molecule has 1 saturated heterocycles. The quantitative estimate of drug-likeness (QED) is 0.456.